The van der Waals surface area contributed by atoms with Crippen LogP contribution in [0.15, 0.2) is 29.2 Å². The molecule has 0 radical (unpaired) electrons. The number of halogens is 1. The predicted molar refractivity (Wildman–Crippen MR) is 78.8 cm³/mol. The summed E-state index contributed by atoms with van der Waals surface area (Å²) < 4.78 is 13.5. The Morgan fingerprint density at radius 1 is 1.26 bits per heavy atom. The normalized spacial score (nSPS) is 29.2. The lowest BCUT2D eigenvalue weighted by atomic mass is 9.74. The molecular weight excluding hydrogens is 259 g/mol. The molecule has 0 saturated heterocycles. The number of benzene rings is 1. The lowest BCUT2D eigenvalue weighted by molar-refractivity contribution is 0.0729. The summed E-state index contributed by atoms with van der Waals surface area (Å²) in [6.45, 7) is 4.56. The second kappa shape index (κ2) is 6.76. The molecular formula is C16H23FOS. The summed E-state index contributed by atoms with van der Waals surface area (Å²) in [7, 11) is 0. The number of aliphatic hydroxyl groups is 1. The minimum Gasteiger partial charge on any atom is -0.392 e. The van der Waals surface area contributed by atoms with Crippen LogP contribution in [-0.2, 0) is 0 Å². The summed E-state index contributed by atoms with van der Waals surface area (Å²) >= 11 is 1.43. The molecule has 4 unspecified atom stereocenters. The van der Waals surface area contributed by atoms with E-state index >= 15 is 0 Å². The molecule has 1 aliphatic rings. The van der Waals surface area contributed by atoms with Gasteiger partial charge in [-0.3, -0.25) is 0 Å². The minimum atomic E-state index is -0.320. The first-order chi connectivity index (χ1) is 9.08. The smallest absolute Gasteiger partial charge is 0.136 e. The summed E-state index contributed by atoms with van der Waals surface area (Å²) in [5.74, 6) is 2.23. The molecule has 0 amide bonds. The molecule has 1 aromatic carbocycles. The topological polar surface area (TPSA) is 20.2 Å². The summed E-state index contributed by atoms with van der Waals surface area (Å²) in [5, 5.41) is 10.3. The fourth-order valence-electron chi connectivity index (χ4n) is 2.81. The van der Waals surface area contributed by atoms with Crippen molar-refractivity contribution >= 4 is 11.8 Å². The van der Waals surface area contributed by atoms with Gasteiger partial charge in [0.2, 0.25) is 0 Å². The van der Waals surface area contributed by atoms with Gasteiger partial charge < -0.3 is 5.11 Å². The third-order valence-corrected chi connectivity index (χ3v) is 5.58. The van der Waals surface area contributed by atoms with Crippen LogP contribution in [0.3, 0.4) is 0 Å². The van der Waals surface area contributed by atoms with Crippen LogP contribution in [0.1, 0.15) is 33.1 Å². The van der Waals surface area contributed by atoms with Gasteiger partial charge in [-0.15, -0.1) is 11.8 Å². The van der Waals surface area contributed by atoms with E-state index in [0.717, 1.165) is 18.8 Å². The van der Waals surface area contributed by atoms with Gasteiger partial charge in [0, 0.05) is 10.6 Å². The number of hydrogen-bond donors (Lipinski definition) is 1. The summed E-state index contributed by atoms with van der Waals surface area (Å²) in [6, 6.07) is 6.78. The predicted octanol–water partition coefficient (Wildman–Crippen LogP) is 4.35. The van der Waals surface area contributed by atoms with Crippen LogP contribution in [0.25, 0.3) is 0 Å². The number of rotatable bonds is 4. The van der Waals surface area contributed by atoms with Gasteiger partial charge in [0.1, 0.15) is 5.82 Å². The highest BCUT2D eigenvalue weighted by Gasteiger charge is 2.29. The van der Waals surface area contributed by atoms with E-state index < -0.39 is 0 Å². The minimum absolute atomic E-state index is 0.190. The molecule has 0 bridgehead atoms. The van der Waals surface area contributed by atoms with Crippen LogP contribution in [0, 0.1) is 23.6 Å². The summed E-state index contributed by atoms with van der Waals surface area (Å²) in [6.07, 6.45) is 3.08. The van der Waals surface area contributed by atoms with Crippen LogP contribution < -0.4 is 0 Å². The first kappa shape index (κ1) is 14.9. The maximum Gasteiger partial charge on any atom is 0.136 e. The van der Waals surface area contributed by atoms with E-state index in [1.807, 2.05) is 6.07 Å². The van der Waals surface area contributed by atoms with E-state index in [-0.39, 0.29) is 11.9 Å². The average Bonchev–Trinajstić information content (AvgIpc) is 2.40. The Bertz CT molecular complexity index is 409. The van der Waals surface area contributed by atoms with Crippen molar-refractivity contribution in [1.82, 2.24) is 0 Å². The molecule has 0 spiro atoms. The highest BCUT2D eigenvalue weighted by molar-refractivity contribution is 7.99. The molecule has 1 nitrogen and oxygen atoms in total. The largest absolute Gasteiger partial charge is 0.392 e. The van der Waals surface area contributed by atoms with E-state index in [2.05, 4.69) is 13.8 Å². The Labute approximate surface area is 119 Å². The van der Waals surface area contributed by atoms with Crippen LogP contribution in [0.4, 0.5) is 4.39 Å². The summed E-state index contributed by atoms with van der Waals surface area (Å²) in [5.41, 5.74) is 0. The zero-order valence-electron chi connectivity index (χ0n) is 11.7. The van der Waals surface area contributed by atoms with Crippen molar-refractivity contribution < 1.29 is 9.50 Å². The number of aliphatic hydroxyl groups excluding tert-OH is 1. The van der Waals surface area contributed by atoms with Gasteiger partial charge in [-0.1, -0.05) is 32.4 Å². The van der Waals surface area contributed by atoms with Crippen molar-refractivity contribution in [2.24, 2.45) is 17.8 Å². The molecule has 1 saturated carbocycles. The molecule has 1 aromatic rings. The molecule has 0 heterocycles. The fraction of sp³-hybridized carbons (Fsp3) is 0.625. The lowest BCUT2D eigenvalue weighted by Crippen LogP contribution is -2.30. The standard InChI is InChI=1S/C16H23FOS/c1-11-7-8-13(9-12(11)2)15(18)10-19-16-6-4-3-5-14(16)17/h3-6,11-13,15,18H,7-10H2,1-2H3. The molecule has 4 atom stereocenters. The van der Waals surface area contributed by atoms with Crippen LogP contribution in [0.2, 0.25) is 0 Å². The second-order valence-corrected chi connectivity index (χ2v) is 6.90. The van der Waals surface area contributed by atoms with Crippen molar-refractivity contribution in [3.8, 4) is 0 Å². The van der Waals surface area contributed by atoms with Crippen LogP contribution in [0.5, 0.6) is 0 Å². The van der Waals surface area contributed by atoms with Gasteiger partial charge in [0.15, 0.2) is 0 Å². The average molecular weight is 282 g/mol. The molecule has 1 N–H and O–H groups in total. The van der Waals surface area contributed by atoms with Gasteiger partial charge in [0.25, 0.3) is 0 Å². The molecule has 1 fully saturated rings. The van der Waals surface area contributed by atoms with E-state index in [0.29, 0.717) is 22.5 Å². The molecule has 0 aromatic heterocycles. The maximum atomic E-state index is 13.5. The Balaban J connectivity index is 1.85. The SMILES string of the molecule is CC1CCC(C(O)CSc2ccccc2F)CC1C. The van der Waals surface area contributed by atoms with E-state index in [1.165, 1.54) is 24.2 Å². The van der Waals surface area contributed by atoms with Crippen molar-refractivity contribution in [2.45, 2.75) is 44.1 Å². The van der Waals surface area contributed by atoms with Gasteiger partial charge >= 0.3 is 0 Å². The second-order valence-electron chi connectivity index (χ2n) is 5.84. The van der Waals surface area contributed by atoms with Gasteiger partial charge in [-0.2, -0.15) is 0 Å². The van der Waals surface area contributed by atoms with Crippen molar-refractivity contribution in [3.05, 3.63) is 30.1 Å². The molecule has 19 heavy (non-hydrogen) atoms. The highest BCUT2D eigenvalue weighted by Crippen LogP contribution is 2.36. The fourth-order valence-corrected chi connectivity index (χ4v) is 3.81. The first-order valence-corrected chi connectivity index (χ1v) is 8.12. The quantitative estimate of drug-likeness (QED) is 0.828. The third-order valence-electron chi connectivity index (χ3n) is 4.43. The molecule has 106 valence electrons. The third kappa shape index (κ3) is 3.96. The van der Waals surface area contributed by atoms with Gasteiger partial charge in [-0.25, -0.2) is 4.39 Å². The molecule has 2 rings (SSSR count). The number of thioether (sulfide) groups is 1. The zero-order chi connectivity index (χ0) is 13.8. The van der Waals surface area contributed by atoms with Crippen LogP contribution >= 0.6 is 11.8 Å². The van der Waals surface area contributed by atoms with Gasteiger partial charge in [0.05, 0.1) is 6.10 Å². The van der Waals surface area contributed by atoms with Gasteiger partial charge in [-0.05, 0) is 42.7 Å². The van der Waals surface area contributed by atoms with E-state index in [4.69, 9.17) is 0 Å². The molecule has 3 heteroatoms. The zero-order valence-corrected chi connectivity index (χ0v) is 12.5. The lowest BCUT2D eigenvalue weighted by Gasteiger charge is -2.34. The van der Waals surface area contributed by atoms with E-state index in [1.54, 1.807) is 12.1 Å². The van der Waals surface area contributed by atoms with Crippen LogP contribution in [-0.4, -0.2) is 17.0 Å². The Kier molecular flexibility index (Phi) is 5.28. The Morgan fingerprint density at radius 3 is 2.68 bits per heavy atom. The Morgan fingerprint density at radius 2 is 2.00 bits per heavy atom. The maximum absolute atomic E-state index is 13.5. The highest BCUT2D eigenvalue weighted by atomic mass is 32.2. The van der Waals surface area contributed by atoms with Crippen molar-refractivity contribution in [3.63, 3.8) is 0 Å². The van der Waals surface area contributed by atoms with Crippen molar-refractivity contribution in [1.29, 1.82) is 0 Å². The summed E-state index contributed by atoms with van der Waals surface area (Å²) in [4.78, 5) is 0.638. The van der Waals surface area contributed by atoms with E-state index in [9.17, 15) is 9.50 Å². The monoisotopic (exact) mass is 282 g/mol. The van der Waals surface area contributed by atoms with Crippen molar-refractivity contribution in [2.75, 3.05) is 5.75 Å². The Hall–Kier alpha value is -0.540. The molecule has 0 aliphatic heterocycles. The number of hydrogen-bond acceptors (Lipinski definition) is 2. The first-order valence-electron chi connectivity index (χ1n) is 7.13. The molecule has 1 aliphatic carbocycles.